The predicted octanol–water partition coefficient (Wildman–Crippen LogP) is 3.68. The van der Waals surface area contributed by atoms with E-state index in [1.165, 1.54) is 44.1 Å². The molecule has 2 saturated carbocycles. The zero-order chi connectivity index (χ0) is 18.0. The molecule has 0 aromatic carbocycles. The van der Waals surface area contributed by atoms with Gasteiger partial charge in [0.25, 0.3) is 0 Å². The van der Waals surface area contributed by atoms with Crippen LogP contribution in [0.1, 0.15) is 70.6 Å². The summed E-state index contributed by atoms with van der Waals surface area (Å²) in [6, 6.07) is -0.160. The van der Waals surface area contributed by atoms with Crippen LogP contribution in [0.4, 0.5) is 4.79 Å². The first-order chi connectivity index (χ1) is 12.6. The van der Waals surface area contributed by atoms with Crippen LogP contribution < -0.4 is 10.6 Å². The molecule has 0 spiro atoms. The number of hydrogen-bond acceptors (Lipinski definition) is 2. The maximum absolute atomic E-state index is 12.5. The fourth-order valence-electron chi connectivity index (χ4n) is 5.77. The van der Waals surface area contributed by atoms with E-state index in [-0.39, 0.29) is 31.4 Å². The molecule has 1 saturated heterocycles. The number of urea groups is 1. The second-order valence-corrected chi connectivity index (χ2v) is 8.95. The molecule has 1 aliphatic heterocycles. The Labute approximate surface area is 164 Å². The van der Waals surface area contributed by atoms with Gasteiger partial charge in [-0.15, -0.1) is 0 Å². The highest BCUT2D eigenvalue weighted by Crippen LogP contribution is 2.42. The number of hydrogen-bond donors (Lipinski definition) is 2. The number of fused-ring (bicyclic) bond motifs is 3. The molecule has 2 N–H and O–H groups in total. The first-order valence-corrected chi connectivity index (χ1v) is 10.7. The first kappa shape index (κ1) is 20.2. The largest absolute Gasteiger partial charge is 0.337 e. The third-order valence-electron chi connectivity index (χ3n) is 7.15. The van der Waals surface area contributed by atoms with Gasteiger partial charge in [-0.2, -0.15) is 0 Å². The van der Waals surface area contributed by atoms with E-state index in [9.17, 15) is 9.59 Å². The van der Waals surface area contributed by atoms with E-state index in [0.29, 0.717) is 5.92 Å². The molecule has 4 aliphatic rings. The number of likely N-dealkylation sites (tertiary alicyclic amines) is 1. The summed E-state index contributed by atoms with van der Waals surface area (Å²) in [6.07, 6.45) is 15.5. The molecule has 4 rings (SSSR count). The van der Waals surface area contributed by atoms with E-state index in [4.69, 9.17) is 0 Å². The highest BCUT2D eigenvalue weighted by atomic mass is 16.2. The van der Waals surface area contributed by atoms with Gasteiger partial charge in [0.2, 0.25) is 5.91 Å². The number of allylic oxidation sites excluding steroid dienone is 1. The van der Waals surface area contributed by atoms with Crippen LogP contribution in [0.3, 0.4) is 0 Å². The van der Waals surface area contributed by atoms with E-state index >= 15 is 0 Å². The summed E-state index contributed by atoms with van der Waals surface area (Å²) in [5.41, 5.74) is 1.43. The van der Waals surface area contributed by atoms with Crippen LogP contribution in [-0.4, -0.2) is 42.0 Å². The lowest BCUT2D eigenvalue weighted by molar-refractivity contribution is -0.130. The molecule has 5 nitrogen and oxygen atoms in total. The van der Waals surface area contributed by atoms with Gasteiger partial charge in [0.1, 0.15) is 0 Å². The standard InChI is InChI=1S/C21H33N3O2.CH2/c25-19(24-12-9-17-7-1-2-8-18(17)15-24)14-22-20(26)23-21-10-3-5-16(13-21)6-4-11-21;/h8,16-17H,1-7,9-15H2,(H2,22,23,26);1H2. The lowest BCUT2D eigenvalue weighted by Crippen LogP contribution is -2.57. The first-order valence-electron chi connectivity index (χ1n) is 10.7. The molecule has 3 amide bonds. The summed E-state index contributed by atoms with van der Waals surface area (Å²) in [7, 11) is 0. The SMILES string of the molecule is O=C(NCC(=O)N1CCC2CCCC=C2C1)NC12CCCC(CCC1)C2.[CH2]. The minimum atomic E-state index is -0.160. The summed E-state index contributed by atoms with van der Waals surface area (Å²) in [6.45, 7) is 1.71. The molecule has 5 heteroatoms. The Hall–Kier alpha value is -1.52. The molecule has 27 heavy (non-hydrogen) atoms. The summed E-state index contributed by atoms with van der Waals surface area (Å²) >= 11 is 0. The smallest absolute Gasteiger partial charge is 0.315 e. The molecule has 3 aliphatic carbocycles. The van der Waals surface area contributed by atoms with Gasteiger partial charge in [-0.25, -0.2) is 4.79 Å². The van der Waals surface area contributed by atoms with E-state index in [1.54, 1.807) is 0 Å². The zero-order valence-electron chi connectivity index (χ0n) is 16.6. The monoisotopic (exact) mass is 373 g/mol. The molecular weight excluding hydrogens is 338 g/mol. The zero-order valence-corrected chi connectivity index (χ0v) is 16.6. The van der Waals surface area contributed by atoms with Crippen LogP contribution in [-0.2, 0) is 4.79 Å². The summed E-state index contributed by atoms with van der Waals surface area (Å²) in [5, 5.41) is 6.07. The average molecular weight is 374 g/mol. The number of nitrogens with one attached hydrogen (secondary N) is 2. The second kappa shape index (κ2) is 8.66. The summed E-state index contributed by atoms with van der Waals surface area (Å²) in [5.74, 6) is 1.52. The van der Waals surface area contributed by atoms with Crippen molar-refractivity contribution in [3.8, 4) is 0 Å². The number of piperidine rings is 1. The maximum Gasteiger partial charge on any atom is 0.315 e. The maximum atomic E-state index is 12.5. The van der Waals surface area contributed by atoms with Crippen molar-refractivity contribution in [1.29, 1.82) is 0 Å². The Morgan fingerprint density at radius 3 is 2.67 bits per heavy atom. The highest BCUT2D eigenvalue weighted by Gasteiger charge is 2.40. The van der Waals surface area contributed by atoms with Crippen molar-refractivity contribution in [2.24, 2.45) is 11.8 Å². The third-order valence-corrected chi connectivity index (χ3v) is 7.15. The van der Waals surface area contributed by atoms with Gasteiger partial charge >= 0.3 is 6.03 Å². The second-order valence-electron chi connectivity index (χ2n) is 8.95. The fraction of sp³-hybridized carbons (Fsp3) is 0.773. The van der Waals surface area contributed by atoms with E-state index < -0.39 is 0 Å². The number of nitrogens with zero attached hydrogens (tertiary/aromatic N) is 1. The average Bonchev–Trinajstić information content (AvgIpc) is 2.65. The number of amides is 3. The molecule has 2 radical (unpaired) electrons. The van der Waals surface area contributed by atoms with Crippen molar-refractivity contribution in [3.63, 3.8) is 0 Å². The van der Waals surface area contributed by atoms with Crippen molar-refractivity contribution in [2.45, 2.75) is 76.2 Å². The van der Waals surface area contributed by atoms with Gasteiger partial charge in [-0.05, 0) is 56.8 Å². The van der Waals surface area contributed by atoms with Crippen molar-refractivity contribution in [2.75, 3.05) is 19.6 Å². The van der Waals surface area contributed by atoms with Crippen molar-refractivity contribution in [1.82, 2.24) is 15.5 Å². The van der Waals surface area contributed by atoms with Gasteiger partial charge in [-0.1, -0.05) is 44.8 Å². The van der Waals surface area contributed by atoms with Crippen LogP contribution in [0.5, 0.6) is 0 Å². The molecule has 1 atom stereocenters. The van der Waals surface area contributed by atoms with E-state index in [2.05, 4.69) is 16.7 Å². The Bertz CT molecular complexity index is 576. The van der Waals surface area contributed by atoms with Gasteiger partial charge in [0.15, 0.2) is 0 Å². The molecule has 0 aromatic rings. The molecule has 1 heterocycles. The van der Waals surface area contributed by atoms with Crippen LogP contribution in [0.15, 0.2) is 11.6 Å². The number of carbonyl (C=O) groups excluding carboxylic acids is 2. The van der Waals surface area contributed by atoms with Crippen LogP contribution in [0.2, 0.25) is 0 Å². The van der Waals surface area contributed by atoms with Crippen LogP contribution in [0.25, 0.3) is 0 Å². The van der Waals surface area contributed by atoms with Gasteiger partial charge in [0, 0.05) is 18.6 Å². The molecule has 2 bridgehead atoms. The summed E-state index contributed by atoms with van der Waals surface area (Å²) in [4.78, 5) is 26.9. The van der Waals surface area contributed by atoms with Crippen LogP contribution >= 0.6 is 0 Å². The lowest BCUT2D eigenvalue weighted by atomic mass is 9.67. The Kier molecular flexibility index (Phi) is 6.48. The normalized spacial score (nSPS) is 32.4. The third kappa shape index (κ3) is 4.67. The molecule has 0 aromatic heterocycles. The highest BCUT2D eigenvalue weighted by molar-refractivity contribution is 5.84. The summed E-state index contributed by atoms with van der Waals surface area (Å²) < 4.78 is 0. The van der Waals surface area contributed by atoms with Crippen LogP contribution in [0, 0.1) is 19.3 Å². The van der Waals surface area contributed by atoms with Gasteiger partial charge < -0.3 is 15.5 Å². The van der Waals surface area contributed by atoms with E-state index in [1.807, 2.05) is 4.90 Å². The predicted molar refractivity (Wildman–Crippen MR) is 107 cm³/mol. The van der Waals surface area contributed by atoms with Gasteiger partial charge in [-0.3, -0.25) is 4.79 Å². The Balaban J connectivity index is 0.00000210. The van der Waals surface area contributed by atoms with E-state index in [0.717, 1.165) is 51.1 Å². The molecule has 1 unspecified atom stereocenters. The van der Waals surface area contributed by atoms with Crippen molar-refractivity contribution in [3.05, 3.63) is 19.1 Å². The molecule has 150 valence electrons. The van der Waals surface area contributed by atoms with Crippen molar-refractivity contribution < 1.29 is 9.59 Å². The quantitative estimate of drug-likeness (QED) is 0.741. The number of rotatable bonds is 3. The van der Waals surface area contributed by atoms with Crippen molar-refractivity contribution >= 4 is 11.9 Å². The fourth-order valence-corrected chi connectivity index (χ4v) is 5.77. The topological polar surface area (TPSA) is 61.4 Å². The molecular formula is C22H35N3O2. The minimum absolute atomic E-state index is 0. The minimum Gasteiger partial charge on any atom is -0.337 e. The Morgan fingerprint density at radius 2 is 1.89 bits per heavy atom. The Morgan fingerprint density at radius 1 is 1.11 bits per heavy atom. The lowest BCUT2D eigenvalue weighted by Gasteiger charge is -2.45. The van der Waals surface area contributed by atoms with Gasteiger partial charge in [0.05, 0.1) is 6.54 Å². The number of carbonyl (C=O) groups is 2. The molecule has 3 fully saturated rings.